The molecule has 6 fully saturated rings. The smallest absolute Gasteiger partial charge is 0.504 e. The number of allylic oxidation sites excluding steroid dienone is 1. The Morgan fingerprint density at radius 3 is 1.68 bits per heavy atom. The number of ketones is 1. The van der Waals surface area contributed by atoms with E-state index in [1.165, 1.54) is 20.1 Å². The number of piperazine rings is 6. The van der Waals surface area contributed by atoms with Crippen molar-refractivity contribution in [2.75, 3.05) is 137 Å². The highest BCUT2D eigenvalue weighted by molar-refractivity contribution is 6.39. The third kappa shape index (κ3) is 6.45. The van der Waals surface area contributed by atoms with Crippen molar-refractivity contribution >= 4 is 78.5 Å². The van der Waals surface area contributed by atoms with Crippen LogP contribution in [0.3, 0.4) is 0 Å². The first kappa shape index (κ1) is 44.2. The maximum absolute atomic E-state index is 15.5. The Morgan fingerprint density at radius 2 is 1.18 bits per heavy atom. The van der Waals surface area contributed by atoms with E-state index in [9.17, 15) is 34.5 Å². The Labute approximate surface area is 381 Å². The predicted molar refractivity (Wildman–Crippen MR) is 249 cm³/mol. The van der Waals surface area contributed by atoms with Gasteiger partial charge in [-0.15, -0.1) is 0 Å². The molecule has 4 bridgehead atoms. The fourth-order valence-electron chi connectivity index (χ4n) is 12.2. The third-order valence-corrected chi connectivity index (χ3v) is 16.3. The molecule has 1 unspecified atom stereocenters. The molecule has 5 N–H and O–H groups in total. The van der Waals surface area contributed by atoms with Crippen LogP contribution in [0.15, 0.2) is 27.3 Å². The number of phenols is 1. The quantitative estimate of drug-likeness (QED) is 0.0530. The molecule has 7 aliphatic rings. The lowest BCUT2D eigenvalue weighted by atomic mass is 9.79. The highest BCUT2D eigenvalue weighted by atomic mass is 16.6. The number of aliphatic hydroxyl groups excluding tert-OH is 2. The molecule has 6 saturated heterocycles. The maximum Gasteiger partial charge on any atom is 0.516 e. The number of phenolic OH excluding ortho intramolecular Hbond substituents is 1. The normalized spacial score (nSPS) is 26.6. The molecule has 0 radical (unpaired) electrons. The second-order valence-corrected chi connectivity index (χ2v) is 20.1. The van der Waals surface area contributed by atoms with Crippen molar-refractivity contribution in [2.45, 2.75) is 33.0 Å². The summed E-state index contributed by atoms with van der Waals surface area (Å²) < 4.78 is 20.3. The Bertz CT molecular complexity index is 3010. The Kier molecular flexibility index (Phi) is 10.5. The number of carbonyl (C=O) groups is 3. The molecule has 348 valence electrons. The molecule has 2 amide bonds. The van der Waals surface area contributed by atoms with E-state index < -0.39 is 35.7 Å². The predicted octanol–water partition coefficient (Wildman–Crippen LogP) is 3.36. The Morgan fingerprint density at radius 1 is 0.682 bits per heavy atom. The average molecular weight is 909 g/mol. The van der Waals surface area contributed by atoms with Crippen molar-refractivity contribution in [1.29, 1.82) is 0 Å². The van der Waals surface area contributed by atoms with Crippen molar-refractivity contribution in [3.05, 3.63) is 60.4 Å². The number of amides is 2. The number of quaternary nitrogens is 4. The van der Waals surface area contributed by atoms with Crippen LogP contribution < -0.4 is 26.2 Å². The Hall–Kier alpha value is -5.69. The number of fused-ring (bicyclic) bond motifs is 7. The van der Waals surface area contributed by atoms with E-state index in [0.29, 0.717) is 98.6 Å². The number of ether oxygens (including phenoxy) is 3. The highest BCUT2D eigenvalue weighted by Crippen LogP contribution is 2.56. The molecular weight excluding hydrogens is 849 g/mol. The van der Waals surface area contributed by atoms with Gasteiger partial charge in [-0.2, -0.15) is 9.59 Å². The van der Waals surface area contributed by atoms with Crippen LogP contribution >= 0.6 is 0 Å². The number of rotatable bonds is 12. The third-order valence-electron chi connectivity index (χ3n) is 16.3. The molecular formula is C49H60N6O11+4. The molecule has 1 atom stereocenters. The van der Waals surface area contributed by atoms with Crippen LogP contribution in [0.4, 0.5) is 21.0 Å². The summed E-state index contributed by atoms with van der Waals surface area (Å²) in [5.74, 6) is -1.81. The van der Waals surface area contributed by atoms with Crippen LogP contribution in [0.2, 0.25) is 0 Å². The SMILES string of the molecule is COc1c(O)c2c(=O)cc(CO)c3c4c(CO)cc(NCCOC(=O)[N+]56CC[N+](C)(CC5)CC6)c5c(=O)c(NCCOC(=O)[N+]67CC[N+](C)(CC6)CC7)c6c(c(c1C(C(C)=O)C(C)=C6)c23)c54. The number of nitrogens with zero attached hydrogens (tertiary/aromatic N) is 4. The summed E-state index contributed by atoms with van der Waals surface area (Å²) in [4.78, 5) is 70.8. The number of benzene rings is 5. The number of aromatic hydroxyl groups is 1. The van der Waals surface area contributed by atoms with Crippen LogP contribution in [0, 0.1) is 0 Å². The van der Waals surface area contributed by atoms with Gasteiger partial charge in [-0.05, 0) is 53.3 Å². The fraction of sp³-hybridized carbons (Fsp3) is 0.490. The second-order valence-electron chi connectivity index (χ2n) is 20.1. The van der Waals surface area contributed by atoms with Gasteiger partial charge in [0.15, 0.2) is 16.9 Å². The molecule has 17 nitrogen and oxygen atoms in total. The van der Waals surface area contributed by atoms with Gasteiger partial charge in [0.2, 0.25) is 5.43 Å². The van der Waals surface area contributed by atoms with Gasteiger partial charge in [0.1, 0.15) is 97.5 Å². The van der Waals surface area contributed by atoms with E-state index in [1.807, 2.05) is 0 Å². The average Bonchev–Trinajstić information content (AvgIpc) is 3.44. The van der Waals surface area contributed by atoms with Gasteiger partial charge in [0, 0.05) is 46.1 Å². The van der Waals surface area contributed by atoms with Crippen molar-refractivity contribution in [3.63, 3.8) is 0 Å². The first-order valence-electron chi connectivity index (χ1n) is 23.1. The van der Waals surface area contributed by atoms with Gasteiger partial charge in [0.25, 0.3) is 0 Å². The summed E-state index contributed by atoms with van der Waals surface area (Å²) in [6.45, 7) is 11.9. The topological polar surface area (TPSA) is 198 Å². The van der Waals surface area contributed by atoms with E-state index in [2.05, 4.69) is 24.7 Å². The number of carbonyl (C=O) groups excluding carboxylic acids is 3. The summed E-state index contributed by atoms with van der Waals surface area (Å²) in [5, 5.41) is 43.2. The van der Waals surface area contributed by atoms with Crippen molar-refractivity contribution < 1.29 is 61.8 Å². The van der Waals surface area contributed by atoms with Gasteiger partial charge in [-0.25, -0.2) is 8.97 Å². The molecule has 0 spiro atoms. The fourth-order valence-corrected chi connectivity index (χ4v) is 12.2. The van der Waals surface area contributed by atoms with Crippen molar-refractivity contribution in [2.24, 2.45) is 0 Å². The minimum Gasteiger partial charge on any atom is -0.504 e. The number of anilines is 2. The van der Waals surface area contributed by atoms with Crippen LogP contribution in [0.1, 0.15) is 42.0 Å². The number of hydrogen-bond donors (Lipinski definition) is 5. The number of nitrogens with one attached hydrogen (secondary N) is 2. The lowest BCUT2D eigenvalue weighted by molar-refractivity contribution is -1.04. The van der Waals surface area contributed by atoms with Crippen LogP contribution in [0.25, 0.3) is 49.2 Å². The molecule has 0 aromatic heterocycles. The van der Waals surface area contributed by atoms with Crippen molar-refractivity contribution in [3.8, 4) is 11.5 Å². The van der Waals surface area contributed by atoms with Gasteiger partial charge in [0.05, 0.1) is 56.8 Å². The zero-order valence-electron chi connectivity index (χ0n) is 38.4. The zero-order chi connectivity index (χ0) is 46.7. The van der Waals surface area contributed by atoms with Crippen LogP contribution in [-0.4, -0.2) is 177 Å². The molecule has 5 aromatic carbocycles. The molecule has 66 heavy (non-hydrogen) atoms. The molecule has 6 aliphatic heterocycles. The summed E-state index contributed by atoms with van der Waals surface area (Å²) in [6, 6.07) is 2.90. The molecule has 0 saturated carbocycles. The summed E-state index contributed by atoms with van der Waals surface area (Å²) >= 11 is 0. The molecule has 17 heteroatoms. The minimum absolute atomic E-state index is 0.00243. The van der Waals surface area contributed by atoms with Gasteiger partial charge in [-0.1, -0.05) is 11.6 Å². The largest absolute Gasteiger partial charge is 0.516 e. The standard InChI is InChI=1S/C49H57N6O11/c1-27-22-31-37-40-35(36-30(26-57)24-33(59)39-41(36)42(37)43(34(27)28(2)58)47(64-5)46(39)61)29(25-56)23-32(50-6-20-65-48(62)54-14-8-52(3,9-15-54)10-16-54)38(40)45(60)44(31)51-7-21-66-49(63)55-17-11-53(4,12-18-55)13-19-55/h22-24,34,56-57H,6-21,25-26H2,1-5H3/q+1/p+3. The molecule has 6 heterocycles. The maximum atomic E-state index is 15.5. The van der Waals surface area contributed by atoms with Crippen LogP contribution in [-0.2, 0) is 27.5 Å². The lowest BCUT2D eigenvalue weighted by Crippen LogP contribution is -2.75. The number of aliphatic hydroxyl groups is 2. The van der Waals surface area contributed by atoms with E-state index in [4.69, 9.17) is 14.2 Å². The van der Waals surface area contributed by atoms with Crippen LogP contribution in [0.5, 0.6) is 11.5 Å². The van der Waals surface area contributed by atoms with E-state index in [1.54, 1.807) is 19.1 Å². The van der Waals surface area contributed by atoms with E-state index >= 15 is 4.79 Å². The molecule has 12 rings (SSSR count). The summed E-state index contributed by atoms with van der Waals surface area (Å²) in [5.41, 5.74) is 1.28. The number of likely N-dealkylation sites (N-methyl/N-ethyl adjacent to an activating group) is 2. The molecule has 1 aliphatic carbocycles. The highest BCUT2D eigenvalue weighted by Gasteiger charge is 2.54. The van der Waals surface area contributed by atoms with Gasteiger partial charge in [-0.3, -0.25) is 14.4 Å². The van der Waals surface area contributed by atoms with Gasteiger partial charge >= 0.3 is 12.2 Å². The Balaban J connectivity index is 1.15. The molecule has 5 aromatic rings. The summed E-state index contributed by atoms with van der Waals surface area (Å²) in [7, 11) is 5.80. The lowest BCUT2D eigenvalue weighted by Gasteiger charge is -2.51. The first-order chi connectivity index (χ1) is 31.5. The number of Topliss-reactive ketones (excluding diaryl/α,β-unsaturated/α-hetero) is 1. The zero-order valence-corrected chi connectivity index (χ0v) is 38.4. The van der Waals surface area contributed by atoms with E-state index in [0.717, 1.165) is 48.2 Å². The second kappa shape index (κ2) is 15.7. The minimum atomic E-state index is -0.991. The first-order valence-corrected chi connectivity index (χ1v) is 23.1. The van der Waals surface area contributed by atoms with Crippen molar-refractivity contribution in [1.82, 2.24) is 0 Å². The van der Waals surface area contributed by atoms with E-state index in [-0.39, 0.29) is 81.9 Å². The number of methoxy groups -OCH3 is 1. The number of hydrogen-bond acceptors (Lipinski definition) is 13. The summed E-state index contributed by atoms with van der Waals surface area (Å²) in [6.07, 6.45) is 1.20. The monoisotopic (exact) mass is 908 g/mol. The van der Waals surface area contributed by atoms with Gasteiger partial charge < -0.3 is 49.1 Å².